The monoisotopic (exact) mass is 451 g/mol. The van der Waals surface area contributed by atoms with Gasteiger partial charge in [-0.1, -0.05) is 36.4 Å². The topological polar surface area (TPSA) is 107 Å². The Morgan fingerprint density at radius 1 is 0.906 bits per heavy atom. The van der Waals surface area contributed by atoms with Gasteiger partial charge >= 0.3 is 5.97 Å². The second-order valence-electron chi connectivity index (χ2n) is 7.11. The second-order valence-corrected chi connectivity index (χ2v) is 8.86. The Kier molecular flexibility index (Phi) is 5.58. The molecule has 3 aromatic carbocycles. The van der Waals surface area contributed by atoms with Crippen molar-refractivity contribution in [3.63, 3.8) is 0 Å². The number of hydrogen-bond acceptors (Lipinski definition) is 7. The summed E-state index contributed by atoms with van der Waals surface area (Å²) < 4.78 is 36.3. The van der Waals surface area contributed by atoms with Crippen LogP contribution in [0.5, 0.6) is 5.75 Å². The summed E-state index contributed by atoms with van der Waals surface area (Å²) in [7, 11) is -0.944. The number of nitrogens with one attached hydrogen (secondary N) is 2. The summed E-state index contributed by atoms with van der Waals surface area (Å²) in [5.74, 6) is -0.347. The molecular formula is C23H21N3O5S. The lowest BCUT2D eigenvalue weighted by Gasteiger charge is -2.18. The minimum Gasteiger partial charge on any atom is -0.494 e. The number of para-hydroxylation sites is 2. The zero-order valence-corrected chi connectivity index (χ0v) is 18.5. The lowest BCUT2D eigenvalue weighted by Crippen LogP contribution is -2.15. The van der Waals surface area contributed by atoms with Crippen molar-refractivity contribution in [1.82, 2.24) is 4.98 Å². The van der Waals surface area contributed by atoms with Gasteiger partial charge in [-0.2, -0.15) is 0 Å². The fourth-order valence-electron chi connectivity index (χ4n) is 3.52. The van der Waals surface area contributed by atoms with Crippen LogP contribution in [0.2, 0.25) is 0 Å². The van der Waals surface area contributed by atoms with Crippen LogP contribution in [0.25, 0.3) is 21.8 Å². The van der Waals surface area contributed by atoms with E-state index in [1.54, 1.807) is 0 Å². The molecule has 164 valence electrons. The first-order chi connectivity index (χ1) is 15.3. The number of anilines is 3. The lowest BCUT2D eigenvalue weighted by molar-refractivity contribution is 0.0602. The molecule has 1 aromatic heterocycles. The maximum Gasteiger partial charge on any atom is 0.340 e. The average molecular weight is 452 g/mol. The molecule has 0 atom stereocenters. The van der Waals surface area contributed by atoms with Crippen molar-refractivity contribution in [1.29, 1.82) is 0 Å². The Morgan fingerprint density at radius 2 is 1.50 bits per heavy atom. The highest BCUT2D eigenvalue weighted by molar-refractivity contribution is 7.92. The molecule has 0 saturated carbocycles. The van der Waals surface area contributed by atoms with Crippen molar-refractivity contribution in [2.24, 2.45) is 0 Å². The van der Waals surface area contributed by atoms with Crippen molar-refractivity contribution in [3.8, 4) is 5.75 Å². The number of rotatable bonds is 6. The largest absolute Gasteiger partial charge is 0.494 e. The number of fused-ring (bicyclic) bond motifs is 2. The molecule has 0 aliphatic rings. The third kappa shape index (κ3) is 4.15. The van der Waals surface area contributed by atoms with E-state index in [1.165, 1.54) is 26.4 Å². The van der Waals surface area contributed by atoms with E-state index in [-0.39, 0.29) is 11.3 Å². The number of carbonyl (C=O) groups is 1. The van der Waals surface area contributed by atoms with Crippen molar-refractivity contribution < 1.29 is 22.7 Å². The molecule has 8 nitrogen and oxygen atoms in total. The van der Waals surface area contributed by atoms with Crippen LogP contribution in [0.1, 0.15) is 10.4 Å². The quantitative estimate of drug-likeness (QED) is 0.332. The van der Waals surface area contributed by atoms with Crippen molar-refractivity contribution in [2.45, 2.75) is 0 Å². The highest BCUT2D eigenvalue weighted by Crippen LogP contribution is 2.38. The molecule has 0 unspecified atom stereocenters. The highest BCUT2D eigenvalue weighted by atomic mass is 32.2. The summed E-state index contributed by atoms with van der Waals surface area (Å²) in [5.41, 5.74) is 2.96. The Hall–Kier alpha value is -3.85. The normalized spacial score (nSPS) is 11.3. The molecule has 0 aliphatic heterocycles. The lowest BCUT2D eigenvalue weighted by atomic mass is 10.1. The molecule has 0 saturated heterocycles. The van der Waals surface area contributed by atoms with E-state index in [9.17, 15) is 13.2 Å². The molecule has 0 amide bonds. The van der Waals surface area contributed by atoms with Gasteiger partial charge < -0.3 is 14.8 Å². The van der Waals surface area contributed by atoms with Gasteiger partial charge in [-0.3, -0.25) is 4.72 Å². The van der Waals surface area contributed by atoms with Crippen LogP contribution < -0.4 is 14.8 Å². The summed E-state index contributed by atoms with van der Waals surface area (Å²) in [4.78, 5) is 17.1. The van der Waals surface area contributed by atoms with Crippen LogP contribution in [0.3, 0.4) is 0 Å². The van der Waals surface area contributed by atoms with Gasteiger partial charge in [0.1, 0.15) is 5.75 Å². The van der Waals surface area contributed by atoms with Crippen LogP contribution in [-0.4, -0.2) is 39.8 Å². The third-order valence-electron chi connectivity index (χ3n) is 4.89. The van der Waals surface area contributed by atoms with Gasteiger partial charge in [0, 0.05) is 16.8 Å². The predicted molar refractivity (Wildman–Crippen MR) is 125 cm³/mol. The molecule has 1 heterocycles. The summed E-state index contributed by atoms with van der Waals surface area (Å²) >= 11 is 0. The second kappa shape index (κ2) is 8.35. The van der Waals surface area contributed by atoms with Crippen LogP contribution >= 0.6 is 0 Å². The van der Waals surface area contributed by atoms with Gasteiger partial charge in [0.2, 0.25) is 10.0 Å². The highest BCUT2D eigenvalue weighted by Gasteiger charge is 2.20. The number of nitrogens with zero attached hydrogens (tertiary/aromatic N) is 1. The number of benzene rings is 3. The van der Waals surface area contributed by atoms with E-state index in [1.807, 2.05) is 48.5 Å². The smallest absolute Gasteiger partial charge is 0.340 e. The standard InChI is InChI=1S/C23H21N3O5S/c1-30-21-13-19(26-32(3,28)29)16(23(27)31-2)12-20(21)25-22-14-8-4-6-10-17(14)24-18-11-7-5-9-15(18)22/h4-13,26H,1-3H3,(H,24,25). The number of sulfonamides is 1. The average Bonchev–Trinajstić information content (AvgIpc) is 2.77. The molecule has 0 aliphatic carbocycles. The summed E-state index contributed by atoms with van der Waals surface area (Å²) in [6, 6.07) is 18.3. The van der Waals surface area contributed by atoms with Crippen LogP contribution in [-0.2, 0) is 14.8 Å². The van der Waals surface area contributed by atoms with Gasteiger partial charge in [-0.05, 0) is 18.2 Å². The Morgan fingerprint density at radius 3 is 2.03 bits per heavy atom. The third-order valence-corrected chi connectivity index (χ3v) is 5.48. The van der Waals surface area contributed by atoms with Crippen LogP contribution in [0, 0.1) is 0 Å². The number of pyridine rings is 1. The zero-order valence-electron chi connectivity index (χ0n) is 17.7. The Balaban J connectivity index is 1.94. The zero-order chi connectivity index (χ0) is 22.9. The van der Waals surface area contributed by atoms with Gasteiger partial charge in [0.25, 0.3) is 0 Å². The van der Waals surface area contributed by atoms with Crippen molar-refractivity contribution >= 4 is 54.9 Å². The first-order valence-corrected chi connectivity index (χ1v) is 11.5. The fourth-order valence-corrected chi connectivity index (χ4v) is 4.09. The van der Waals surface area contributed by atoms with Crippen LogP contribution in [0.4, 0.5) is 17.1 Å². The molecule has 0 bridgehead atoms. The van der Waals surface area contributed by atoms with E-state index < -0.39 is 16.0 Å². The molecule has 4 rings (SSSR count). The minimum absolute atomic E-state index is 0.0453. The first kappa shape index (κ1) is 21.4. The molecule has 9 heteroatoms. The maximum atomic E-state index is 12.4. The summed E-state index contributed by atoms with van der Waals surface area (Å²) in [5, 5.41) is 5.13. The summed E-state index contributed by atoms with van der Waals surface area (Å²) in [6.07, 6.45) is 1.00. The maximum absolute atomic E-state index is 12.4. The Labute approximate surface area is 185 Å². The number of esters is 1. The molecule has 0 spiro atoms. The number of methoxy groups -OCH3 is 2. The Bertz CT molecular complexity index is 1400. The van der Waals surface area contributed by atoms with E-state index in [0.29, 0.717) is 11.4 Å². The molecule has 2 N–H and O–H groups in total. The molecule has 32 heavy (non-hydrogen) atoms. The predicted octanol–water partition coefficient (Wildman–Crippen LogP) is 4.30. The number of aromatic nitrogens is 1. The number of hydrogen-bond donors (Lipinski definition) is 2. The van der Waals surface area contributed by atoms with Gasteiger partial charge in [-0.15, -0.1) is 0 Å². The van der Waals surface area contributed by atoms with E-state index >= 15 is 0 Å². The molecule has 0 fully saturated rings. The van der Waals surface area contributed by atoms with Crippen molar-refractivity contribution in [3.05, 3.63) is 66.2 Å². The minimum atomic E-state index is -3.64. The van der Waals surface area contributed by atoms with E-state index in [2.05, 4.69) is 10.0 Å². The first-order valence-electron chi connectivity index (χ1n) is 9.63. The summed E-state index contributed by atoms with van der Waals surface area (Å²) in [6.45, 7) is 0. The van der Waals surface area contributed by atoms with Gasteiger partial charge in [0.05, 0.1) is 54.1 Å². The molecule has 0 radical (unpaired) electrons. The van der Waals surface area contributed by atoms with Gasteiger partial charge in [-0.25, -0.2) is 18.2 Å². The van der Waals surface area contributed by atoms with E-state index in [4.69, 9.17) is 14.5 Å². The number of carbonyl (C=O) groups excluding carboxylic acids is 1. The molecule has 4 aromatic rings. The number of ether oxygens (including phenoxy) is 2. The van der Waals surface area contributed by atoms with Crippen LogP contribution in [0.15, 0.2) is 60.7 Å². The SMILES string of the molecule is COC(=O)c1cc(Nc2c3ccccc3nc3ccccc23)c(OC)cc1NS(C)(=O)=O. The fraction of sp³-hybridized carbons (Fsp3) is 0.130. The van der Waals surface area contributed by atoms with E-state index in [0.717, 1.165) is 33.7 Å². The molecular weight excluding hydrogens is 430 g/mol. The van der Waals surface area contributed by atoms with Crippen molar-refractivity contribution in [2.75, 3.05) is 30.5 Å². The van der Waals surface area contributed by atoms with Gasteiger partial charge in [0.15, 0.2) is 0 Å².